The minimum atomic E-state index is -4.70. The number of aromatic nitrogens is 5. The van der Waals surface area contributed by atoms with Crippen molar-refractivity contribution in [2.24, 2.45) is 7.05 Å². The second-order valence-electron chi connectivity index (χ2n) is 10.7. The number of anilines is 2. The molecule has 0 bridgehead atoms. The molecule has 2 atom stereocenters. The molecule has 2 aliphatic heterocycles. The number of fused-ring (bicyclic) bond motifs is 2. The van der Waals surface area contributed by atoms with Crippen LogP contribution >= 0.6 is 0 Å². The SMILES string of the molecule is CCOc1cc(C(=O)Nc2cc(C(F)(F)F)n(C)n2)cc(F)c1-c1nc([C@@H]2CC[C@H]3CCC(=O)N3C2)n2c(F)cnc(N)c12. The third kappa shape index (κ3) is 4.97. The molecule has 0 unspecified atom stereocenters. The molecule has 0 radical (unpaired) electrons. The highest BCUT2D eigenvalue weighted by molar-refractivity contribution is 6.05. The summed E-state index contributed by atoms with van der Waals surface area (Å²) in [5.74, 6) is -3.51. The van der Waals surface area contributed by atoms with Crippen molar-refractivity contribution in [1.82, 2.24) is 29.0 Å². The van der Waals surface area contributed by atoms with Crippen LogP contribution in [0.5, 0.6) is 5.75 Å². The van der Waals surface area contributed by atoms with Gasteiger partial charge < -0.3 is 20.7 Å². The summed E-state index contributed by atoms with van der Waals surface area (Å²) in [6, 6.07) is 2.83. The molecule has 3 aromatic heterocycles. The lowest BCUT2D eigenvalue weighted by Crippen LogP contribution is -2.41. The Morgan fingerprint density at radius 3 is 2.66 bits per heavy atom. The van der Waals surface area contributed by atoms with Gasteiger partial charge in [0.15, 0.2) is 5.82 Å². The number of halogens is 5. The number of nitrogen functional groups attached to an aromatic ring is 1. The first-order chi connectivity index (χ1) is 20.9. The number of nitrogens with two attached hydrogens (primary N) is 1. The Hall–Kier alpha value is -4.76. The van der Waals surface area contributed by atoms with Gasteiger partial charge in [0.25, 0.3) is 5.91 Å². The molecule has 232 valence electrons. The van der Waals surface area contributed by atoms with Crippen molar-refractivity contribution in [2.75, 3.05) is 24.2 Å². The van der Waals surface area contributed by atoms with E-state index in [1.54, 1.807) is 11.8 Å². The summed E-state index contributed by atoms with van der Waals surface area (Å²) < 4.78 is 78.3. The fourth-order valence-corrected chi connectivity index (χ4v) is 6.05. The van der Waals surface area contributed by atoms with E-state index in [9.17, 15) is 22.8 Å². The summed E-state index contributed by atoms with van der Waals surface area (Å²) in [7, 11) is 1.07. The number of aryl methyl sites for hydroxylation is 1. The van der Waals surface area contributed by atoms with Gasteiger partial charge in [-0.1, -0.05) is 0 Å². The Balaban J connectivity index is 1.42. The number of nitrogens with one attached hydrogen (secondary N) is 1. The predicted octanol–water partition coefficient (Wildman–Crippen LogP) is 4.53. The van der Waals surface area contributed by atoms with Crippen LogP contribution < -0.4 is 15.8 Å². The first-order valence-corrected chi connectivity index (χ1v) is 13.9. The number of imidazole rings is 1. The summed E-state index contributed by atoms with van der Waals surface area (Å²) in [6.45, 7) is 1.97. The first-order valence-electron chi connectivity index (χ1n) is 13.9. The smallest absolute Gasteiger partial charge is 0.433 e. The lowest BCUT2D eigenvalue weighted by molar-refractivity contribution is -0.143. The maximum Gasteiger partial charge on any atom is 0.433 e. The molecule has 6 rings (SSSR count). The van der Waals surface area contributed by atoms with E-state index in [1.807, 2.05) is 0 Å². The largest absolute Gasteiger partial charge is 0.493 e. The summed E-state index contributed by atoms with van der Waals surface area (Å²) in [6.07, 6.45) is -1.25. The number of carbonyl (C=O) groups excluding carboxylic acids is 2. The molecule has 16 heteroatoms. The standard InChI is InChI=1S/C28H27F5N8O3/c1-3-44-17-9-14(27(43)36-20-10-18(28(31,32)33)39(2)38-20)8-16(29)22(17)23-24-25(34)35-11-19(30)41(24)26(37-23)13-4-5-15-6-7-21(42)40(15)12-13/h8-11,13,15H,3-7,12H2,1-2H3,(H2,34,35)(H,36,38,43)/t13-,15+/m1/s1. The van der Waals surface area contributed by atoms with Gasteiger partial charge in [-0.3, -0.25) is 18.7 Å². The topological polar surface area (TPSA) is 133 Å². The van der Waals surface area contributed by atoms with Gasteiger partial charge in [0.1, 0.15) is 40.1 Å². The van der Waals surface area contributed by atoms with Crippen molar-refractivity contribution in [2.45, 2.75) is 50.7 Å². The number of rotatable bonds is 6. The number of alkyl halides is 3. The lowest BCUT2D eigenvalue weighted by atomic mass is 9.92. The summed E-state index contributed by atoms with van der Waals surface area (Å²) in [5.41, 5.74) is 4.51. The monoisotopic (exact) mass is 618 g/mol. The fourth-order valence-electron chi connectivity index (χ4n) is 6.05. The van der Waals surface area contributed by atoms with Gasteiger partial charge in [-0.2, -0.15) is 22.7 Å². The Labute approximate surface area is 246 Å². The van der Waals surface area contributed by atoms with Crippen molar-refractivity contribution in [1.29, 1.82) is 0 Å². The van der Waals surface area contributed by atoms with E-state index in [0.29, 0.717) is 36.6 Å². The van der Waals surface area contributed by atoms with Gasteiger partial charge in [0, 0.05) is 43.6 Å². The number of hydrogen-bond donors (Lipinski definition) is 2. The van der Waals surface area contributed by atoms with E-state index in [-0.39, 0.29) is 64.2 Å². The van der Waals surface area contributed by atoms with Crippen LogP contribution in [0.2, 0.25) is 0 Å². The van der Waals surface area contributed by atoms with Crippen LogP contribution in [-0.4, -0.2) is 60.1 Å². The van der Waals surface area contributed by atoms with Crippen LogP contribution in [0.1, 0.15) is 60.4 Å². The molecule has 11 nitrogen and oxygen atoms in total. The zero-order chi connectivity index (χ0) is 31.5. The minimum absolute atomic E-state index is 0.0138. The van der Waals surface area contributed by atoms with Crippen LogP contribution in [0.25, 0.3) is 16.8 Å². The maximum absolute atomic E-state index is 16.0. The molecule has 0 spiro atoms. The molecular weight excluding hydrogens is 591 g/mol. The summed E-state index contributed by atoms with van der Waals surface area (Å²) in [4.78, 5) is 35.8. The Morgan fingerprint density at radius 1 is 1.18 bits per heavy atom. The molecule has 2 saturated heterocycles. The molecule has 0 saturated carbocycles. The van der Waals surface area contributed by atoms with Crippen LogP contribution in [0, 0.1) is 11.8 Å². The van der Waals surface area contributed by atoms with Crippen molar-refractivity contribution < 1.29 is 36.3 Å². The Kier molecular flexibility index (Phi) is 7.16. The van der Waals surface area contributed by atoms with Crippen LogP contribution in [0.4, 0.5) is 33.6 Å². The average molecular weight is 619 g/mol. The molecule has 2 amide bonds. The number of carbonyl (C=O) groups is 2. The molecule has 0 aliphatic carbocycles. The fraction of sp³-hybridized carbons (Fsp3) is 0.393. The number of amides is 2. The van der Waals surface area contributed by atoms with E-state index in [2.05, 4.69) is 20.4 Å². The molecule has 44 heavy (non-hydrogen) atoms. The first kappa shape index (κ1) is 29.3. The summed E-state index contributed by atoms with van der Waals surface area (Å²) in [5, 5.41) is 5.90. The second kappa shape index (κ2) is 10.7. The molecule has 4 aromatic rings. The minimum Gasteiger partial charge on any atom is -0.493 e. The van der Waals surface area contributed by atoms with Crippen molar-refractivity contribution in [3.8, 4) is 17.0 Å². The number of piperidine rings is 1. The van der Waals surface area contributed by atoms with E-state index < -0.39 is 35.4 Å². The normalized spacial score (nSPS) is 18.6. The molecule has 1 aromatic carbocycles. The quantitative estimate of drug-likeness (QED) is 0.304. The highest BCUT2D eigenvalue weighted by Gasteiger charge is 2.39. The molecular formula is C28H27F5N8O3. The van der Waals surface area contributed by atoms with Gasteiger partial charge >= 0.3 is 6.18 Å². The number of nitrogens with zero attached hydrogens (tertiary/aromatic N) is 6. The van der Waals surface area contributed by atoms with Crippen molar-refractivity contribution >= 4 is 29.0 Å². The number of ether oxygens (including phenoxy) is 1. The molecule has 5 heterocycles. The van der Waals surface area contributed by atoms with Crippen LogP contribution in [0.3, 0.4) is 0 Å². The van der Waals surface area contributed by atoms with Gasteiger partial charge in [0.05, 0.1) is 18.4 Å². The third-order valence-electron chi connectivity index (χ3n) is 8.02. The Bertz CT molecular complexity index is 1800. The third-order valence-corrected chi connectivity index (χ3v) is 8.02. The zero-order valence-corrected chi connectivity index (χ0v) is 23.6. The van der Waals surface area contributed by atoms with Crippen molar-refractivity contribution in [3.63, 3.8) is 0 Å². The molecule has 3 N–H and O–H groups in total. The van der Waals surface area contributed by atoms with E-state index in [4.69, 9.17) is 10.5 Å². The second-order valence-corrected chi connectivity index (χ2v) is 10.7. The average Bonchev–Trinajstić information content (AvgIpc) is 3.66. The molecule has 2 fully saturated rings. The zero-order valence-electron chi connectivity index (χ0n) is 23.6. The molecule has 2 aliphatic rings. The van der Waals surface area contributed by atoms with Gasteiger partial charge in [-0.25, -0.2) is 14.4 Å². The van der Waals surface area contributed by atoms with Gasteiger partial charge in [-0.05, 0) is 38.3 Å². The van der Waals surface area contributed by atoms with Gasteiger partial charge in [0.2, 0.25) is 11.9 Å². The number of hydrogen-bond acceptors (Lipinski definition) is 7. The highest BCUT2D eigenvalue weighted by atomic mass is 19.4. The highest BCUT2D eigenvalue weighted by Crippen LogP contribution is 2.42. The van der Waals surface area contributed by atoms with E-state index >= 15 is 8.78 Å². The van der Waals surface area contributed by atoms with E-state index in [1.165, 1.54) is 6.07 Å². The summed E-state index contributed by atoms with van der Waals surface area (Å²) >= 11 is 0. The number of benzene rings is 1. The predicted molar refractivity (Wildman–Crippen MR) is 147 cm³/mol. The maximum atomic E-state index is 16.0. The van der Waals surface area contributed by atoms with Gasteiger partial charge in [-0.15, -0.1) is 0 Å². The van der Waals surface area contributed by atoms with Crippen LogP contribution in [-0.2, 0) is 18.0 Å². The van der Waals surface area contributed by atoms with E-state index in [0.717, 1.165) is 30.1 Å². The van der Waals surface area contributed by atoms with Crippen LogP contribution in [0.15, 0.2) is 24.4 Å². The lowest BCUT2D eigenvalue weighted by Gasteiger charge is -2.34. The Morgan fingerprint density at radius 2 is 1.95 bits per heavy atom. The van der Waals surface area contributed by atoms with Crippen molar-refractivity contribution in [3.05, 3.63) is 53.2 Å².